The van der Waals surface area contributed by atoms with E-state index in [-0.39, 0.29) is 0 Å². The summed E-state index contributed by atoms with van der Waals surface area (Å²) in [5.41, 5.74) is 2.56. The molecule has 3 rings (SSSR count). The third-order valence-electron chi connectivity index (χ3n) is 3.20. The van der Waals surface area contributed by atoms with Crippen LogP contribution < -0.4 is 10.2 Å². The number of halogens is 1. The number of amides is 1. The number of hydrogen-bond donors (Lipinski definition) is 1. The number of ketones is 1. The lowest BCUT2D eigenvalue weighted by Crippen LogP contribution is -2.16. The van der Waals surface area contributed by atoms with Crippen molar-refractivity contribution in [2.75, 3.05) is 17.3 Å². The Morgan fingerprint density at radius 3 is 2.85 bits per heavy atom. The van der Waals surface area contributed by atoms with Crippen molar-refractivity contribution in [2.45, 2.75) is 6.54 Å². The van der Waals surface area contributed by atoms with Crippen LogP contribution in [0, 0.1) is 0 Å². The normalized spacial score (nSPS) is 13.3. The third kappa shape index (κ3) is 2.06. The minimum atomic E-state index is -0.620. The lowest BCUT2D eigenvalue weighted by molar-refractivity contribution is -0.112. The molecule has 0 spiro atoms. The smallest absolute Gasteiger partial charge is 0.296 e. The van der Waals surface area contributed by atoms with Gasteiger partial charge in [-0.2, -0.15) is 0 Å². The van der Waals surface area contributed by atoms with E-state index in [9.17, 15) is 9.59 Å². The molecule has 1 aromatic carbocycles. The zero-order valence-corrected chi connectivity index (χ0v) is 11.4. The quantitative estimate of drug-likeness (QED) is 0.883. The van der Waals surface area contributed by atoms with Crippen molar-refractivity contribution in [1.29, 1.82) is 0 Å². The van der Waals surface area contributed by atoms with Gasteiger partial charge in [-0.15, -0.1) is 0 Å². The summed E-state index contributed by atoms with van der Waals surface area (Å²) in [4.78, 5) is 24.9. The van der Waals surface area contributed by atoms with Gasteiger partial charge in [0.05, 0.1) is 34.5 Å². The molecule has 0 saturated heterocycles. The van der Waals surface area contributed by atoms with Gasteiger partial charge >= 0.3 is 0 Å². The van der Waals surface area contributed by atoms with E-state index in [4.69, 9.17) is 16.0 Å². The SMILES string of the molecule is CN(Cc1ccoc1)c1cc2c(cc1Cl)C(=O)C(=O)N2. The van der Waals surface area contributed by atoms with E-state index < -0.39 is 11.7 Å². The minimum Gasteiger partial charge on any atom is -0.472 e. The van der Waals surface area contributed by atoms with E-state index in [1.165, 1.54) is 6.07 Å². The van der Waals surface area contributed by atoms with Crippen LogP contribution in [-0.2, 0) is 11.3 Å². The Balaban J connectivity index is 1.93. The van der Waals surface area contributed by atoms with Gasteiger partial charge in [-0.25, -0.2) is 0 Å². The number of nitrogens with zero attached hydrogens (tertiary/aromatic N) is 1. The van der Waals surface area contributed by atoms with Crippen molar-refractivity contribution in [3.05, 3.63) is 46.9 Å². The van der Waals surface area contributed by atoms with Gasteiger partial charge in [-0.1, -0.05) is 11.6 Å². The van der Waals surface area contributed by atoms with Gasteiger partial charge in [0.25, 0.3) is 11.7 Å². The van der Waals surface area contributed by atoms with Crippen molar-refractivity contribution < 1.29 is 14.0 Å². The van der Waals surface area contributed by atoms with E-state index in [1.54, 1.807) is 18.6 Å². The summed E-state index contributed by atoms with van der Waals surface area (Å²) < 4.78 is 5.02. The predicted octanol–water partition coefficient (Wildman–Crippen LogP) is 2.70. The predicted molar refractivity (Wildman–Crippen MR) is 75.2 cm³/mol. The summed E-state index contributed by atoms with van der Waals surface area (Å²) in [6.07, 6.45) is 3.26. The molecule has 2 heterocycles. The van der Waals surface area contributed by atoms with Crippen molar-refractivity contribution >= 4 is 34.7 Å². The third-order valence-corrected chi connectivity index (χ3v) is 3.50. The molecule has 0 fully saturated rings. The Morgan fingerprint density at radius 1 is 1.35 bits per heavy atom. The van der Waals surface area contributed by atoms with Crippen LogP contribution >= 0.6 is 11.6 Å². The number of nitrogens with one attached hydrogen (secondary N) is 1. The first kappa shape index (κ1) is 12.7. The van der Waals surface area contributed by atoms with Crippen molar-refractivity contribution in [3.63, 3.8) is 0 Å². The molecule has 1 aliphatic rings. The number of anilines is 2. The molecule has 0 atom stereocenters. The zero-order chi connectivity index (χ0) is 14.3. The lowest BCUT2D eigenvalue weighted by Gasteiger charge is -2.20. The number of hydrogen-bond acceptors (Lipinski definition) is 4. The number of fused-ring (bicyclic) bond motifs is 1. The summed E-state index contributed by atoms with van der Waals surface area (Å²) in [6.45, 7) is 0.608. The summed E-state index contributed by atoms with van der Waals surface area (Å²) in [7, 11) is 1.87. The number of carbonyl (C=O) groups is 2. The molecule has 1 amide bonds. The fourth-order valence-corrected chi connectivity index (χ4v) is 2.50. The summed E-state index contributed by atoms with van der Waals surface area (Å²) >= 11 is 6.20. The Kier molecular flexibility index (Phi) is 2.99. The van der Waals surface area contributed by atoms with Crippen molar-refractivity contribution in [3.8, 4) is 0 Å². The molecule has 0 radical (unpaired) electrons. The summed E-state index contributed by atoms with van der Waals surface area (Å²) in [5.74, 6) is -1.17. The summed E-state index contributed by atoms with van der Waals surface area (Å²) in [5, 5.41) is 2.97. The minimum absolute atomic E-state index is 0.320. The zero-order valence-electron chi connectivity index (χ0n) is 10.6. The molecule has 1 aliphatic heterocycles. The number of benzene rings is 1. The molecular weight excluding hydrogens is 280 g/mol. The molecule has 20 heavy (non-hydrogen) atoms. The topological polar surface area (TPSA) is 62.6 Å². The van der Waals surface area contributed by atoms with Gasteiger partial charge in [-0.3, -0.25) is 9.59 Å². The summed E-state index contributed by atoms with van der Waals surface area (Å²) in [6, 6.07) is 5.10. The molecule has 6 heteroatoms. The Bertz CT molecular complexity index is 695. The Labute approximate surface area is 120 Å². The van der Waals surface area contributed by atoms with Gasteiger partial charge < -0.3 is 14.6 Å². The molecule has 1 N–H and O–H groups in total. The number of carbonyl (C=O) groups excluding carboxylic acids is 2. The second kappa shape index (κ2) is 4.68. The van der Waals surface area contributed by atoms with E-state index in [1.807, 2.05) is 18.0 Å². The van der Waals surface area contributed by atoms with Gasteiger partial charge in [0.1, 0.15) is 0 Å². The van der Waals surface area contributed by atoms with Crippen LogP contribution in [0.15, 0.2) is 35.1 Å². The van der Waals surface area contributed by atoms with Crippen LogP contribution in [0.4, 0.5) is 11.4 Å². The molecule has 0 unspecified atom stereocenters. The molecule has 102 valence electrons. The molecule has 0 saturated carbocycles. The highest BCUT2D eigenvalue weighted by molar-refractivity contribution is 6.52. The average molecular weight is 291 g/mol. The van der Waals surface area contributed by atoms with Crippen LogP contribution in [0.2, 0.25) is 5.02 Å². The van der Waals surface area contributed by atoms with Gasteiger partial charge in [0.15, 0.2) is 0 Å². The molecule has 2 aromatic rings. The fourth-order valence-electron chi connectivity index (χ4n) is 2.19. The largest absolute Gasteiger partial charge is 0.472 e. The Morgan fingerprint density at radius 2 is 2.15 bits per heavy atom. The number of Topliss-reactive ketones (excluding diaryl/α,β-unsaturated/α-hetero) is 1. The van der Waals surface area contributed by atoms with Gasteiger partial charge in [-0.05, 0) is 18.2 Å². The lowest BCUT2D eigenvalue weighted by atomic mass is 10.1. The van der Waals surface area contributed by atoms with Crippen molar-refractivity contribution in [1.82, 2.24) is 0 Å². The van der Waals surface area contributed by atoms with Gasteiger partial charge in [0.2, 0.25) is 0 Å². The van der Waals surface area contributed by atoms with E-state index in [0.717, 1.165) is 11.3 Å². The molecule has 1 aromatic heterocycles. The molecule has 0 bridgehead atoms. The molecule has 0 aliphatic carbocycles. The maximum Gasteiger partial charge on any atom is 0.296 e. The maximum atomic E-state index is 11.6. The number of rotatable bonds is 3. The standard InChI is InChI=1S/C14H11ClN2O3/c1-17(6-8-2-3-20-7-8)12-5-11-9(4-10(12)15)13(18)14(19)16-11/h2-5,7H,6H2,1H3,(H,16,18,19). The second-order valence-corrected chi connectivity index (χ2v) is 5.03. The molecular formula is C14H11ClN2O3. The van der Waals surface area contributed by atoms with Crippen LogP contribution in [-0.4, -0.2) is 18.7 Å². The van der Waals surface area contributed by atoms with Crippen LogP contribution in [0.5, 0.6) is 0 Å². The van der Waals surface area contributed by atoms with Crippen LogP contribution in [0.1, 0.15) is 15.9 Å². The van der Waals surface area contributed by atoms with Crippen molar-refractivity contribution in [2.24, 2.45) is 0 Å². The molecule has 5 nitrogen and oxygen atoms in total. The van der Waals surface area contributed by atoms with E-state index >= 15 is 0 Å². The maximum absolute atomic E-state index is 11.6. The first-order chi connectivity index (χ1) is 9.56. The van der Waals surface area contributed by atoms with E-state index in [2.05, 4.69) is 5.32 Å². The van der Waals surface area contributed by atoms with Gasteiger partial charge in [0, 0.05) is 19.2 Å². The first-order valence-corrected chi connectivity index (χ1v) is 6.35. The Hall–Kier alpha value is -2.27. The van der Waals surface area contributed by atoms with Crippen LogP contribution in [0.3, 0.4) is 0 Å². The van der Waals surface area contributed by atoms with E-state index in [0.29, 0.717) is 22.8 Å². The first-order valence-electron chi connectivity index (χ1n) is 5.97. The van der Waals surface area contributed by atoms with Crippen LogP contribution in [0.25, 0.3) is 0 Å². The highest BCUT2D eigenvalue weighted by atomic mass is 35.5. The fraction of sp³-hybridized carbons (Fsp3) is 0.143. The highest BCUT2D eigenvalue weighted by Crippen LogP contribution is 2.35. The second-order valence-electron chi connectivity index (χ2n) is 4.62. The highest BCUT2D eigenvalue weighted by Gasteiger charge is 2.29. The number of furan rings is 1. The average Bonchev–Trinajstić information content (AvgIpc) is 3.00. The monoisotopic (exact) mass is 290 g/mol.